The number of unbranched alkanes of at least 4 members (excludes halogenated alkanes) is 2. The highest BCUT2D eigenvalue weighted by Crippen LogP contribution is 2.14. The van der Waals surface area contributed by atoms with Crippen LogP contribution in [-0.2, 0) is 9.53 Å². The average Bonchev–Trinajstić information content (AvgIpc) is 2.64. The SMILES string of the molecule is CC.CCOC1CCN(C/C(N)=C/N(N)CCCCCC(=O)CC)CC1. The maximum Gasteiger partial charge on any atom is 0.132 e. The number of ketones is 1. The standard InChI is InChI=1S/C18H36N4O2.C2H6/c1-3-17(23)8-6-5-7-11-22(20)15-16(19)14-21-12-9-18(10-13-21)24-4-2;1-2/h15,18H,3-14,19-20H2,1-2H3;1-2H3/b16-15-;. The predicted octanol–water partition coefficient (Wildman–Crippen LogP) is 3.03. The van der Waals surface area contributed by atoms with Gasteiger partial charge in [-0.25, -0.2) is 5.84 Å². The molecule has 1 aliphatic rings. The van der Waals surface area contributed by atoms with Gasteiger partial charge in [-0.05, 0) is 32.6 Å². The number of carbonyl (C=O) groups is 1. The normalized spacial score (nSPS) is 16.1. The van der Waals surface area contributed by atoms with Crippen molar-refractivity contribution in [1.29, 1.82) is 0 Å². The van der Waals surface area contributed by atoms with Crippen molar-refractivity contribution in [1.82, 2.24) is 9.91 Å². The lowest BCUT2D eigenvalue weighted by Gasteiger charge is -2.31. The van der Waals surface area contributed by atoms with Crippen LogP contribution in [0.15, 0.2) is 11.9 Å². The number of likely N-dealkylation sites (tertiary alicyclic amines) is 1. The van der Waals surface area contributed by atoms with Gasteiger partial charge in [0.1, 0.15) is 5.78 Å². The van der Waals surface area contributed by atoms with E-state index < -0.39 is 0 Å². The van der Waals surface area contributed by atoms with Crippen LogP contribution in [0.3, 0.4) is 0 Å². The number of nitrogens with zero attached hydrogens (tertiary/aromatic N) is 2. The lowest BCUT2D eigenvalue weighted by Crippen LogP contribution is -2.39. The summed E-state index contributed by atoms with van der Waals surface area (Å²) in [5.74, 6) is 6.33. The summed E-state index contributed by atoms with van der Waals surface area (Å²) in [6, 6.07) is 0. The van der Waals surface area contributed by atoms with E-state index in [-0.39, 0.29) is 0 Å². The van der Waals surface area contributed by atoms with Crippen molar-refractivity contribution in [3.05, 3.63) is 11.9 Å². The molecule has 0 radical (unpaired) electrons. The molecule has 26 heavy (non-hydrogen) atoms. The van der Waals surface area contributed by atoms with Gasteiger partial charge in [-0.3, -0.25) is 9.69 Å². The van der Waals surface area contributed by atoms with E-state index in [0.29, 0.717) is 24.7 Å². The van der Waals surface area contributed by atoms with Crippen LogP contribution in [0.2, 0.25) is 0 Å². The molecule has 154 valence electrons. The van der Waals surface area contributed by atoms with Gasteiger partial charge in [0, 0.05) is 57.5 Å². The predicted molar refractivity (Wildman–Crippen MR) is 109 cm³/mol. The van der Waals surface area contributed by atoms with Crippen molar-refractivity contribution < 1.29 is 9.53 Å². The molecule has 6 heteroatoms. The van der Waals surface area contributed by atoms with Crippen molar-refractivity contribution in [2.75, 3.05) is 32.8 Å². The summed E-state index contributed by atoms with van der Waals surface area (Å²) >= 11 is 0. The summed E-state index contributed by atoms with van der Waals surface area (Å²) in [4.78, 5) is 13.6. The minimum absolute atomic E-state index is 0.344. The fourth-order valence-corrected chi connectivity index (χ4v) is 3.02. The maximum atomic E-state index is 11.2. The Labute approximate surface area is 160 Å². The van der Waals surface area contributed by atoms with Crippen molar-refractivity contribution in [2.45, 2.75) is 78.7 Å². The first-order chi connectivity index (χ1) is 12.5. The molecular formula is C20H42N4O2. The highest BCUT2D eigenvalue weighted by atomic mass is 16.5. The molecule has 1 heterocycles. The molecule has 1 rings (SSSR count). The van der Waals surface area contributed by atoms with E-state index in [1.807, 2.05) is 33.9 Å². The fourth-order valence-electron chi connectivity index (χ4n) is 3.02. The summed E-state index contributed by atoms with van der Waals surface area (Å²) in [6.45, 7) is 12.3. The van der Waals surface area contributed by atoms with Crippen molar-refractivity contribution in [3.63, 3.8) is 0 Å². The van der Waals surface area contributed by atoms with Crippen LogP contribution in [-0.4, -0.2) is 54.6 Å². The Bertz CT molecular complexity index is 380. The Morgan fingerprint density at radius 3 is 2.42 bits per heavy atom. The molecule has 1 saturated heterocycles. The van der Waals surface area contributed by atoms with Gasteiger partial charge in [0.05, 0.1) is 6.10 Å². The largest absolute Gasteiger partial charge is 0.400 e. The summed E-state index contributed by atoms with van der Waals surface area (Å²) < 4.78 is 5.66. The molecule has 0 aromatic heterocycles. The number of carbonyl (C=O) groups excluding carboxylic acids is 1. The molecule has 1 fully saturated rings. The molecule has 0 aromatic carbocycles. The van der Waals surface area contributed by atoms with Gasteiger partial charge in [0.15, 0.2) is 0 Å². The number of hydrogen-bond acceptors (Lipinski definition) is 6. The van der Waals surface area contributed by atoms with E-state index in [9.17, 15) is 4.79 Å². The zero-order valence-electron chi connectivity index (χ0n) is 17.5. The number of nitrogens with two attached hydrogens (primary N) is 2. The molecule has 6 nitrogen and oxygen atoms in total. The highest BCUT2D eigenvalue weighted by Gasteiger charge is 2.19. The summed E-state index contributed by atoms with van der Waals surface area (Å²) in [5, 5.41) is 1.67. The Morgan fingerprint density at radius 2 is 1.85 bits per heavy atom. The molecule has 0 bridgehead atoms. The van der Waals surface area contributed by atoms with E-state index in [2.05, 4.69) is 4.90 Å². The molecular weight excluding hydrogens is 328 g/mol. The molecule has 0 aromatic rings. The number of rotatable bonds is 12. The zero-order valence-corrected chi connectivity index (χ0v) is 17.5. The molecule has 0 unspecified atom stereocenters. The van der Waals surface area contributed by atoms with E-state index >= 15 is 0 Å². The van der Waals surface area contributed by atoms with E-state index in [1.54, 1.807) is 5.01 Å². The average molecular weight is 371 g/mol. The highest BCUT2D eigenvalue weighted by molar-refractivity contribution is 5.77. The number of hydrogen-bond donors (Lipinski definition) is 2. The van der Waals surface area contributed by atoms with Gasteiger partial charge in [0.2, 0.25) is 0 Å². The van der Waals surface area contributed by atoms with Crippen LogP contribution in [0.25, 0.3) is 0 Å². The smallest absolute Gasteiger partial charge is 0.132 e. The Kier molecular flexibility index (Phi) is 15.4. The van der Waals surface area contributed by atoms with Gasteiger partial charge < -0.3 is 15.5 Å². The summed E-state index contributed by atoms with van der Waals surface area (Å²) in [5.41, 5.74) is 6.91. The van der Waals surface area contributed by atoms with E-state index in [1.165, 1.54) is 0 Å². The summed E-state index contributed by atoms with van der Waals surface area (Å²) in [6.07, 6.45) is 8.69. The Morgan fingerprint density at radius 1 is 1.19 bits per heavy atom. The van der Waals surface area contributed by atoms with Crippen LogP contribution in [0.1, 0.15) is 72.6 Å². The fraction of sp³-hybridized carbons (Fsp3) is 0.850. The maximum absolute atomic E-state index is 11.2. The van der Waals surface area contributed by atoms with Gasteiger partial charge in [-0.2, -0.15) is 0 Å². The lowest BCUT2D eigenvalue weighted by molar-refractivity contribution is -0.118. The number of piperidine rings is 1. The van der Waals surface area contributed by atoms with Gasteiger partial charge in [-0.1, -0.05) is 27.2 Å². The van der Waals surface area contributed by atoms with Gasteiger partial charge in [-0.15, -0.1) is 0 Å². The van der Waals surface area contributed by atoms with E-state index in [0.717, 1.165) is 70.6 Å². The number of ether oxygens (including phenoxy) is 1. The third kappa shape index (κ3) is 12.3. The molecule has 0 amide bonds. The van der Waals surface area contributed by atoms with Crippen molar-refractivity contribution >= 4 is 5.78 Å². The monoisotopic (exact) mass is 370 g/mol. The summed E-state index contributed by atoms with van der Waals surface area (Å²) in [7, 11) is 0. The van der Waals surface area contributed by atoms with Crippen LogP contribution in [0.5, 0.6) is 0 Å². The quantitative estimate of drug-likeness (QED) is 0.312. The van der Waals surface area contributed by atoms with Crippen molar-refractivity contribution in [3.8, 4) is 0 Å². The first-order valence-electron chi connectivity index (χ1n) is 10.4. The zero-order chi connectivity index (χ0) is 19.8. The Balaban J connectivity index is 0.00000301. The van der Waals surface area contributed by atoms with Crippen LogP contribution in [0, 0.1) is 0 Å². The third-order valence-corrected chi connectivity index (χ3v) is 4.44. The lowest BCUT2D eigenvalue weighted by atomic mass is 10.1. The molecule has 0 saturated carbocycles. The molecule has 0 atom stereocenters. The van der Waals surface area contributed by atoms with E-state index in [4.69, 9.17) is 16.3 Å². The first-order valence-corrected chi connectivity index (χ1v) is 10.4. The molecule has 1 aliphatic heterocycles. The number of Topliss-reactive ketones (excluding diaryl/α,β-unsaturated/α-hetero) is 1. The molecule has 0 spiro atoms. The topological polar surface area (TPSA) is 84.8 Å². The molecule has 0 aliphatic carbocycles. The van der Waals surface area contributed by atoms with Gasteiger partial charge in [0.25, 0.3) is 0 Å². The Hall–Kier alpha value is -1.11. The van der Waals surface area contributed by atoms with Crippen LogP contribution < -0.4 is 11.6 Å². The van der Waals surface area contributed by atoms with Crippen molar-refractivity contribution in [2.24, 2.45) is 11.6 Å². The second-order valence-corrected chi connectivity index (χ2v) is 6.58. The minimum atomic E-state index is 0.344. The minimum Gasteiger partial charge on any atom is -0.400 e. The third-order valence-electron chi connectivity index (χ3n) is 4.44. The second kappa shape index (κ2) is 16.1. The first kappa shape index (κ1) is 24.9. The van der Waals surface area contributed by atoms with Gasteiger partial charge >= 0.3 is 0 Å². The molecule has 4 N–H and O–H groups in total. The second-order valence-electron chi connectivity index (χ2n) is 6.58. The van der Waals surface area contributed by atoms with Crippen LogP contribution >= 0.6 is 0 Å². The van der Waals surface area contributed by atoms with Crippen LogP contribution in [0.4, 0.5) is 0 Å². The number of hydrazine groups is 1.